The van der Waals surface area contributed by atoms with Crippen LogP contribution < -0.4 is 5.73 Å². The van der Waals surface area contributed by atoms with E-state index in [2.05, 4.69) is 0 Å². The van der Waals surface area contributed by atoms with Gasteiger partial charge in [-0.3, -0.25) is 4.79 Å². The van der Waals surface area contributed by atoms with Crippen molar-refractivity contribution in [1.29, 1.82) is 0 Å². The highest BCUT2D eigenvalue weighted by atomic mass is 16.5. The number of carbonyl (C=O) groups excluding carboxylic acids is 1. The summed E-state index contributed by atoms with van der Waals surface area (Å²) in [5.41, 5.74) is 5.39. The summed E-state index contributed by atoms with van der Waals surface area (Å²) < 4.78 is 4.97. The lowest BCUT2D eigenvalue weighted by atomic mass is 10.2. The molecule has 0 aromatic rings. The molecule has 1 aliphatic heterocycles. The molecule has 0 aromatic carbocycles. The van der Waals surface area contributed by atoms with Crippen LogP contribution in [0.3, 0.4) is 0 Å². The summed E-state index contributed by atoms with van der Waals surface area (Å²) in [6.07, 6.45) is -1.10. The van der Waals surface area contributed by atoms with Crippen LogP contribution in [0.4, 0.5) is 0 Å². The maximum absolute atomic E-state index is 11.8. The van der Waals surface area contributed by atoms with Gasteiger partial charge < -0.3 is 25.6 Å². The highest BCUT2D eigenvalue weighted by Gasteiger charge is 2.39. The number of aliphatic hydroxyl groups is 1. The molecule has 1 rings (SSSR count). The number of carboxylic acid groups (broad SMARTS) is 1. The summed E-state index contributed by atoms with van der Waals surface area (Å²) in [4.78, 5) is 24.0. The molecule has 1 aliphatic rings. The Hall–Kier alpha value is -1.18. The smallest absolute Gasteiger partial charge is 0.326 e. The number of β-amino-alcohol motifs (C(OH)–C–C–N with tert-alkyl or cyclic N) is 1. The van der Waals surface area contributed by atoms with Crippen LogP contribution in [0, 0.1) is 0 Å². The molecule has 4 N–H and O–H groups in total. The van der Waals surface area contributed by atoms with Crippen LogP contribution in [0.15, 0.2) is 0 Å². The van der Waals surface area contributed by atoms with Crippen LogP contribution in [0.1, 0.15) is 12.8 Å². The van der Waals surface area contributed by atoms with E-state index in [-0.39, 0.29) is 31.8 Å². The summed E-state index contributed by atoms with van der Waals surface area (Å²) >= 11 is 0. The van der Waals surface area contributed by atoms with Gasteiger partial charge in [0.05, 0.1) is 18.6 Å². The van der Waals surface area contributed by atoms with E-state index in [9.17, 15) is 14.7 Å². The first-order valence-electron chi connectivity index (χ1n) is 5.42. The van der Waals surface area contributed by atoms with E-state index >= 15 is 0 Å². The van der Waals surface area contributed by atoms with Crippen molar-refractivity contribution in [3.8, 4) is 0 Å². The largest absolute Gasteiger partial charge is 0.480 e. The van der Waals surface area contributed by atoms with E-state index in [1.54, 1.807) is 0 Å². The SMILES string of the molecule is COC(CN)CC(=O)N1C[C@H](O)C[C@@H]1C(=O)O. The summed E-state index contributed by atoms with van der Waals surface area (Å²) in [5, 5.41) is 18.3. The van der Waals surface area contributed by atoms with Gasteiger partial charge in [-0.05, 0) is 0 Å². The number of nitrogens with zero attached hydrogens (tertiary/aromatic N) is 1. The molecule has 7 heteroatoms. The van der Waals surface area contributed by atoms with E-state index in [0.717, 1.165) is 0 Å². The van der Waals surface area contributed by atoms with Crippen molar-refractivity contribution in [2.45, 2.75) is 31.1 Å². The molecule has 0 saturated carbocycles. The maximum Gasteiger partial charge on any atom is 0.326 e. The van der Waals surface area contributed by atoms with Crippen molar-refractivity contribution in [2.75, 3.05) is 20.2 Å². The number of hydrogen-bond acceptors (Lipinski definition) is 5. The zero-order valence-electron chi connectivity index (χ0n) is 9.70. The third-order valence-corrected chi connectivity index (χ3v) is 2.88. The van der Waals surface area contributed by atoms with Gasteiger partial charge >= 0.3 is 5.97 Å². The van der Waals surface area contributed by atoms with E-state index in [0.29, 0.717) is 0 Å². The number of hydrogen-bond donors (Lipinski definition) is 3. The lowest BCUT2D eigenvalue weighted by Gasteiger charge is -2.23. The Labute approximate surface area is 99.1 Å². The van der Waals surface area contributed by atoms with Crippen molar-refractivity contribution in [2.24, 2.45) is 5.73 Å². The first-order chi connectivity index (χ1) is 7.99. The second kappa shape index (κ2) is 5.95. The second-order valence-corrected chi connectivity index (χ2v) is 4.09. The number of nitrogens with two attached hydrogens (primary N) is 1. The highest BCUT2D eigenvalue weighted by Crippen LogP contribution is 2.19. The van der Waals surface area contributed by atoms with Crippen LogP contribution in [-0.2, 0) is 14.3 Å². The minimum atomic E-state index is -1.10. The standard InChI is InChI=1S/C10H18N2O5/c1-17-7(4-11)3-9(14)12-5-6(13)2-8(12)10(15)16/h6-8,13H,2-5,11H2,1H3,(H,15,16)/t6-,7?,8-/m1/s1. The van der Waals surface area contributed by atoms with Crippen LogP contribution >= 0.6 is 0 Å². The van der Waals surface area contributed by atoms with Crippen molar-refractivity contribution >= 4 is 11.9 Å². The molecule has 1 heterocycles. The first kappa shape index (κ1) is 13.9. The third kappa shape index (κ3) is 3.39. The topological polar surface area (TPSA) is 113 Å². The van der Waals surface area contributed by atoms with E-state index in [4.69, 9.17) is 15.6 Å². The number of ether oxygens (including phenoxy) is 1. The molecule has 0 spiro atoms. The van der Waals surface area contributed by atoms with E-state index in [1.807, 2.05) is 0 Å². The fraction of sp³-hybridized carbons (Fsp3) is 0.800. The van der Waals surface area contributed by atoms with Gasteiger partial charge in [0, 0.05) is 26.6 Å². The molecule has 0 aromatic heterocycles. The number of methoxy groups -OCH3 is 1. The Morgan fingerprint density at radius 2 is 2.24 bits per heavy atom. The van der Waals surface area contributed by atoms with Crippen molar-refractivity contribution in [3.63, 3.8) is 0 Å². The van der Waals surface area contributed by atoms with Gasteiger partial charge in [0.25, 0.3) is 0 Å². The van der Waals surface area contributed by atoms with Gasteiger partial charge in [0.1, 0.15) is 6.04 Å². The zero-order chi connectivity index (χ0) is 13.0. The van der Waals surface area contributed by atoms with Gasteiger partial charge in [-0.15, -0.1) is 0 Å². The Bertz CT molecular complexity index is 292. The lowest BCUT2D eigenvalue weighted by molar-refractivity contribution is -0.149. The summed E-state index contributed by atoms with van der Waals surface area (Å²) in [5.74, 6) is -1.46. The predicted molar refractivity (Wildman–Crippen MR) is 58.2 cm³/mol. The second-order valence-electron chi connectivity index (χ2n) is 4.09. The number of carbonyl (C=O) groups is 2. The number of aliphatic carboxylic acids is 1. The number of rotatable bonds is 5. The minimum Gasteiger partial charge on any atom is -0.480 e. The van der Waals surface area contributed by atoms with Crippen molar-refractivity contribution in [1.82, 2.24) is 4.90 Å². The number of carboxylic acids is 1. The lowest BCUT2D eigenvalue weighted by Crippen LogP contribution is -2.42. The molecule has 1 unspecified atom stereocenters. The van der Waals surface area contributed by atoms with Crippen LogP contribution in [0.5, 0.6) is 0 Å². The summed E-state index contributed by atoms with van der Waals surface area (Å²) in [6.45, 7) is 0.243. The molecule has 1 amide bonds. The number of likely N-dealkylation sites (tertiary alicyclic amines) is 1. The van der Waals surface area contributed by atoms with Crippen molar-refractivity contribution < 1.29 is 24.5 Å². The predicted octanol–water partition coefficient (Wildman–Crippen LogP) is -1.60. The van der Waals surface area contributed by atoms with Gasteiger partial charge in [-0.2, -0.15) is 0 Å². The van der Waals surface area contributed by atoms with E-state index < -0.39 is 24.2 Å². The molecule has 0 bridgehead atoms. The molecule has 0 radical (unpaired) electrons. The molecule has 98 valence electrons. The van der Waals surface area contributed by atoms with E-state index in [1.165, 1.54) is 12.0 Å². The Balaban J connectivity index is 2.64. The molecule has 3 atom stereocenters. The quantitative estimate of drug-likeness (QED) is 0.538. The Morgan fingerprint density at radius 1 is 1.59 bits per heavy atom. The molecule has 7 nitrogen and oxygen atoms in total. The number of amides is 1. The van der Waals surface area contributed by atoms with Crippen LogP contribution in [0.2, 0.25) is 0 Å². The Kier molecular flexibility index (Phi) is 4.86. The number of aliphatic hydroxyl groups excluding tert-OH is 1. The summed E-state index contributed by atoms with van der Waals surface area (Å²) in [6, 6.07) is -0.951. The molecular weight excluding hydrogens is 228 g/mol. The van der Waals surface area contributed by atoms with Gasteiger partial charge in [-0.1, -0.05) is 0 Å². The molecule has 1 saturated heterocycles. The van der Waals surface area contributed by atoms with Gasteiger partial charge in [0.2, 0.25) is 5.91 Å². The highest BCUT2D eigenvalue weighted by molar-refractivity contribution is 5.84. The monoisotopic (exact) mass is 246 g/mol. The first-order valence-corrected chi connectivity index (χ1v) is 5.42. The van der Waals surface area contributed by atoms with Gasteiger partial charge in [0.15, 0.2) is 0 Å². The average Bonchev–Trinajstić information content (AvgIpc) is 2.68. The fourth-order valence-corrected chi connectivity index (χ4v) is 1.90. The Morgan fingerprint density at radius 3 is 2.71 bits per heavy atom. The zero-order valence-corrected chi connectivity index (χ0v) is 9.70. The maximum atomic E-state index is 11.8. The normalized spacial score (nSPS) is 25.9. The van der Waals surface area contributed by atoms with Gasteiger partial charge in [-0.25, -0.2) is 4.79 Å². The molecular formula is C10H18N2O5. The minimum absolute atomic E-state index is 0.0312. The summed E-state index contributed by atoms with van der Waals surface area (Å²) in [7, 11) is 1.44. The molecule has 1 fully saturated rings. The average molecular weight is 246 g/mol. The van der Waals surface area contributed by atoms with Crippen LogP contribution in [-0.4, -0.2) is 65.4 Å². The molecule has 0 aliphatic carbocycles. The molecule has 17 heavy (non-hydrogen) atoms. The van der Waals surface area contributed by atoms with Crippen molar-refractivity contribution in [3.05, 3.63) is 0 Å². The third-order valence-electron chi connectivity index (χ3n) is 2.88. The fourth-order valence-electron chi connectivity index (χ4n) is 1.90. The van der Waals surface area contributed by atoms with Crippen LogP contribution in [0.25, 0.3) is 0 Å².